The maximum atomic E-state index is 12.7. The van der Waals surface area contributed by atoms with E-state index in [4.69, 9.17) is 0 Å². The van der Waals surface area contributed by atoms with Crippen LogP contribution in [0.2, 0.25) is 0 Å². The number of nitrogens with one attached hydrogen (secondary N) is 1. The van der Waals surface area contributed by atoms with Gasteiger partial charge in [0.25, 0.3) is 0 Å². The van der Waals surface area contributed by atoms with Crippen molar-refractivity contribution in [3.05, 3.63) is 68.2 Å². The summed E-state index contributed by atoms with van der Waals surface area (Å²) < 4.78 is 1.85. The van der Waals surface area contributed by atoms with E-state index in [9.17, 15) is 4.79 Å². The van der Waals surface area contributed by atoms with Crippen LogP contribution >= 0.6 is 31.9 Å². The average molecular weight is 393 g/mol. The minimum absolute atomic E-state index is 0.0224. The van der Waals surface area contributed by atoms with Gasteiger partial charge in [-0.2, -0.15) is 0 Å². The molecule has 1 N–H and O–H groups in total. The highest BCUT2D eigenvalue weighted by molar-refractivity contribution is 9.10. The molecule has 1 aromatic heterocycles. The Morgan fingerprint density at radius 2 is 1.90 bits per heavy atom. The zero-order valence-electron chi connectivity index (χ0n) is 10.7. The maximum absolute atomic E-state index is 12.7. The van der Waals surface area contributed by atoms with Gasteiger partial charge in [0.15, 0.2) is 5.78 Å². The molecule has 3 rings (SSSR count). The van der Waals surface area contributed by atoms with E-state index >= 15 is 0 Å². The van der Waals surface area contributed by atoms with Gasteiger partial charge in [-0.15, -0.1) is 0 Å². The van der Waals surface area contributed by atoms with Gasteiger partial charge in [0.05, 0.1) is 0 Å². The number of fused-ring (bicyclic) bond motifs is 1. The van der Waals surface area contributed by atoms with Gasteiger partial charge in [0, 0.05) is 37.2 Å². The molecule has 0 spiro atoms. The highest BCUT2D eigenvalue weighted by Crippen LogP contribution is 2.28. The van der Waals surface area contributed by atoms with Crippen molar-refractivity contribution in [3.63, 3.8) is 0 Å². The van der Waals surface area contributed by atoms with Gasteiger partial charge in [-0.05, 0) is 46.6 Å². The Morgan fingerprint density at radius 1 is 1.10 bits per heavy atom. The average Bonchev–Trinajstić information content (AvgIpc) is 2.84. The first-order valence-corrected chi connectivity index (χ1v) is 7.73. The summed E-state index contributed by atoms with van der Waals surface area (Å²) in [7, 11) is 0. The SMILES string of the molecule is Cc1cccc(C(=O)c2c[nH]c3cc(Br)ccc23)c1Br. The molecule has 0 atom stereocenters. The number of H-pyrrole nitrogens is 1. The number of aromatic nitrogens is 1. The predicted octanol–water partition coefficient (Wildman–Crippen LogP) is 5.23. The van der Waals surface area contributed by atoms with E-state index in [0.717, 1.165) is 25.4 Å². The zero-order valence-corrected chi connectivity index (χ0v) is 13.9. The van der Waals surface area contributed by atoms with Gasteiger partial charge >= 0.3 is 0 Å². The maximum Gasteiger partial charge on any atom is 0.196 e. The van der Waals surface area contributed by atoms with Crippen LogP contribution in [0, 0.1) is 6.92 Å². The third-order valence-electron chi connectivity index (χ3n) is 3.32. The molecule has 0 aliphatic heterocycles. The van der Waals surface area contributed by atoms with Crippen LogP contribution in [0.4, 0.5) is 0 Å². The summed E-state index contributed by atoms with van der Waals surface area (Å²) in [6.45, 7) is 1.98. The van der Waals surface area contributed by atoms with Crippen molar-refractivity contribution >= 4 is 48.5 Å². The van der Waals surface area contributed by atoms with Crippen molar-refractivity contribution in [1.29, 1.82) is 0 Å². The first kappa shape index (κ1) is 13.6. The molecule has 0 unspecified atom stereocenters. The van der Waals surface area contributed by atoms with E-state index < -0.39 is 0 Å². The van der Waals surface area contributed by atoms with Crippen molar-refractivity contribution in [2.45, 2.75) is 6.92 Å². The highest BCUT2D eigenvalue weighted by atomic mass is 79.9. The number of halogens is 2. The Morgan fingerprint density at radius 3 is 2.70 bits per heavy atom. The van der Waals surface area contributed by atoms with Crippen molar-refractivity contribution in [3.8, 4) is 0 Å². The lowest BCUT2D eigenvalue weighted by Crippen LogP contribution is -2.02. The number of aromatic amines is 1. The molecule has 2 nitrogen and oxygen atoms in total. The molecule has 100 valence electrons. The Kier molecular flexibility index (Phi) is 3.52. The molecular formula is C16H11Br2NO. The molecule has 0 aliphatic rings. The number of aryl methyl sites for hydroxylation is 1. The summed E-state index contributed by atoms with van der Waals surface area (Å²) in [5, 5.41) is 0.937. The smallest absolute Gasteiger partial charge is 0.196 e. The van der Waals surface area contributed by atoms with Crippen LogP contribution < -0.4 is 0 Å². The number of hydrogen-bond donors (Lipinski definition) is 1. The second-order valence-corrected chi connectivity index (χ2v) is 6.37. The lowest BCUT2D eigenvalue weighted by molar-refractivity contribution is 0.103. The number of ketones is 1. The van der Waals surface area contributed by atoms with Crippen LogP contribution in [-0.2, 0) is 0 Å². The molecule has 2 aromatic carbocycles. The van der Waals surface area contributed by atoms with Crippen LogP contribution in [0.5, 0.6) is 0 Å². The van der Waals surface area contributed by atoms with Crippen molar-refractivity contribution in [1.82, 2.24) is 4.98 Å². The van der Waals surface area contributed by atoms with E-state index in [1.807, 2.05) is 43.3 Å². The molecule has 20 heavy (non-hydrogen) atoms. The number of carbonyl (C=O) groups excluding carboxylic acids is 1. The van der Waals surface area contributed by atoms with Crippen LogP contribution in [0.3, 0.4) is 0 Å². The van der Waals surface area contributed by atoms with Gasteiger partial charge < -0.3 is 4.98 Å². The Labute approximate surface area is 133 Å². The Bertz CT molecular complexity index is 820. The topological polar surface area (TPSA) is 32.9 Å². The second kappa shape index (κ2) is 5.19. The summed E-state index contributed by atoms with van der Waals surface area (Å²) in [5.74, 6) is 0.0224. The monoisotopic (exact) mass is 391 g/mol. The first-order valence-electron chi connectivity index (χ1n) is 6.14. The summed E-state index contributed by atoms with van der Waals surface area (Å²) in [6.07, 6.45) is 1.77. The van der Waals surface area contributed by atoms with E-state index in [1.54, 1.807) is 6.20 Å². The fourth-order valence-corrected chi connectivity index (χ4v) is 3.06. The minimum Gasteiger partial charge on any atom is -0.360 e. The van der Waals surface area contributed by atoms with Crippen molar-refractivity contribution in [2.24, 2.45) is 0 Å². The Hall–Kier alpha value is -1.39. The third-order valence-corrected chi connectivity index (χ3v) is 4.87. The summed E-state index contributed by atoms with van der Waals surface area (Å²) in [6, 6.07) is 11.6. The van der Waals surface area contributed by atoms with E-state index in [-0.39, 0.29) is 5.78 Å². The van der Waals surface area contributed by atoms with Gasteiger partial charge in [0.2, 0.25) is 0 Å². The molecule has 0 aliphatic carbocycles. The van der Waals surface area contributed by atoms with Gasteiger partial charge in [0.1, 0.15) is 0 Å². The molecule has 0 fully saturated rings. The fourth-order valence-electron chi connectivity index (χ4n) is 2.25. The van der Waals surface area contributed by atoms with E-state index in [2.05, 4.69) is 36.8 Å². The van der Waals surface area contributed by atoms with Crippen LogP contribution in [0.1, 0.15) is 21.5 Å². The summed E-state index contributed by atoms with van der Waals surface area (Å²) in [4.78, 5) is 15.9. The number of carbonyl (C=O) groups is 1. The van der Waals surface area contributed by atoms with Crippen LogP contribution in [-0.4, -0.2) is 10.8 Å². The first-order chi connectivity index (χ1) is 9.58. The molecule has 0 saturated heterocycles. The quantitative estimate of drug-likeness (QED) is 0.595. The summed E-state index contributed by atoms with van der Waals surface area (Å²) >= 11 is 6.94. The zero-order chi connectivity index (χ0) is 14.3. The molecule has 0 amide bonds. The summed E-state index contributed by atoms with van der Waals surface area (Å²) in [5.41, 5.74) is 3.39. The van der Waals surface area contributed by atoms with Crippen LogP contribution in [0.25, 0.3) is 10.9 Å². The largest absolute Gasteiger partial charge is 0.360 e. The fraction of sp³-hybridized carbons (Fsp3) is 0.0625. The minimum atomic E-state index is 0.0224. The highest BCUT2D eigenvalue weighted by Gasteiger charge is 2.17. The third kappa shape index (κ3) is 2.23. The molecule has 0 saturated carbocycles. The number of benzene rings is 2. The predicted molar refractivity (Wildman–Crippen MR) is 88.3 cm³/mol. The Balaban J connectivity index is 2.16. The standard InChI is InChI=1S/C16H11Br2NO/c1-9-3-2-4-12(15(9)18)16(20)13-8-19-14-7-10(17)5-6-11(13)14/h2-8,19H,1H3. The molecule has 4 heteroatoms. The molecular weight excluding hydrogens is 382 g/mol. The van der Waals surface area contributed by atoms with Crippen LogP contribution in [0.15, 0.2) is 51.5 Å². The van der Waals surface area contributed by atoms with Gasteiger partial charge in [-0.1, -0.05) is 34.1 Å². The van der Waals surface area contributed by atoms with E-state index in [1.165, 1.54) is 0 Å². The second-order valence-electron chi connectivity index (χ2n) is 4.66. The van der Waals surface area contributed by atoms with E-state index in [0.29, 0.717) is 11.1 Å². The normalized spacial score (nSPS) is 10.9. The molecule has 3 aromatic rings. The molecule has 0 bridgehead atoms. The number of rotatable bonds is 2. The molecule has 0 radical (unpaired) electrons. The lowest BCUT2D eigenvalue weighted by atomic mass is 10.0. The molecule has 1 heterocycles. The van der Waals surface area contributed by atoms with Gasteiger partial charge in [-0.25, -0.2) is 0 Å². The lowest BCUT2D eigenvalue weighted by Gasteiger charge is -2.05. The van der Waals surface area contributed by atoms with Crippen molar-refractivity contribution in [2.75, 3.05) is 0 Å². The van der Waals surface area contributed by atoms with Crippen molar-refractivity contribution < 1.29 is 4.79 Å². The number of hydrogen-bond acceptors (Lipinski definition) is 1. The van der Waals surface area contributed by atoms with Gasteiger partial charge in [-0.3, -0.25) is 4.79 Å².